The number of carbonyl (C=O) groups is 1. The zero-order chi connectivity index (χ0) is 18.8. The quantitative estimate of drug-likeness (QED) is 0.722. The molecule has 2 heterocycles. The van der Waals surface area contributed by atoms with Crippen molar-refractivity contribution in [3.63, 3.8) is 0 Å². The van der Waals surface area contributed by atoms with Crippen LogP contribution in [0.5, 0.6) is 5.75 Å². The van der Waals surface area contributed by atoms with Crippen molar-refractivity contribution in [3.05, 3.63) is 40.9 Å². The Morgan fingerprint density at radius 1 is 1.33 bits per heavy atom. The first-order valence-corrected chi connectivity index (χ1v) is 8.90. The van der Waals surface area contributed by atoms with Crippen LogP contribution in [-0.4, -0.2) is 43.6 Å². The normalized spacial score (nSPS) is 14.6. The van der Waals surface area contributed by atoms with Crippen LogP contribution in [-0.2, 0) is 11.3 Å². The first-order valence-electron chi connectivity index (χ1n) is 8.90. The first kappa shape index (κ1) is 17.2. The number of hydrogen-bond donors (Lipinski definition) is 1. The van der Waals surface area contributed by atoms with Crippen molar-refractivity contribution in [2.24, 2.45) is 0 Å². The second-order valence-electron chi connectivity index (χ2n) is 6.60. The summed E-state index contributed by atoms with van der Waals surface area (Å²) in [5, 5.41) is 11.0. The lowest BCUT2D eigenvalue weighted by Crippen LogP contribution is -2.37. The van der Waals surface area contributed by atoms with Crippen LogP contribution in [0, 0.1) is 0 Å². The van der Waals surface area contributed by atoms with E-state index >= 15 is 0 Å². The average Bonchev–Trinajstić information content (AvgIpc) is 3.34. The Hall–Kier alpha value is -3.23. The Morgan fingerprint density at radius 2 is 2.15 bits per heavy atom. The molecule has 9 heteroatoms. The number of nitrogens with zero attached hydrogens (tertiary/aromatic N) is 5. The highest BCUT2D eigenvalue weighted by Gasteiger charge is 2.19. The number of fused-ring (bicyclic) bond motifs is 1. The molecule has 2 aromatic heterocycles. The van der Waals surface area contributed by atoms with Gasteiger partial charge in [-0.2, -0.15) is 4.68 Å². The summed E-state index contributed by atoms with van der Waals surface area (Å²) in [5.74, 6) is 0.471. The highest BCUT2D eigenvalue weighted by atomic mass is 16.5. The van der Waals surface area contributed by atoms with Gasteiger partial charge in [0.2, 0.25) is 5.91 Å². The molecular formula is C18H20N6O3. The molecule has 1 aromatic carbocycles. The molecule has 4 rings (SSSR count). The molecule has 0 spiro atoms. The van der Waals surface area contributed by atoms with Gasteiger partial charge in [0.15, 0.2) is 11.2 Å². The van der Waals surface area contributed by atoms with E-state index in [4.69, 9.17) is 4.74 Å². The summed E-state index contributed by atoms with van der Waals surface area (Å²) in [5.41, 5.74) is 0.742. The number of amides is 1. The molecule has 1 N–H and O–H groups in total. The first-order chi connectivity index (χ1) is 13.2. The van der Waals surface area contributed by atoms with Crippen molar-refractivity contribution in [3.8, 4) is 11.4 Å². The average molecular weight is 368 g/mol. The number of carbonyl (C=O) groups excluding carboxylic acids is 1. The molecule has 0 saturated heterocycles. The predicted molar refractivity (Wildman–Crippen MR) is 97.9 cm³/mol. The Kier molecular flexibility index (Phi) is 4.57. The van der Waals surface area contributed by atoms with Gasteiger partial charge in [-0.05, 0) is 25.0 Å². The zero-order valence-corrected chi connectivity index (χ0v) is 15.0. The number of benzene rings is 1. The lowest BCUT2D eigenvalue weighted by molar-refractivity contribution is -0.122. The molecule has 1 amide bonds. The van der Waals surface area contributed by atoms with Crippen molar-refractivity contribution in [1.29, 1.82) is 0 Å². The standard InChI is InChI=1S/C18H20N6O3/c1-27-14-8-4-7-13(9-14)24-17-16(21-22-24)18(26)23(11-19-17)10-15(25)20-12-5-2-3-6-12/h4,7-9,11-12H,2-3,5-6,10H2,1H3,(H,20,25). The molecular weight excluding hydrogens is 348 g/mol. The zero-order valence-electron chi connectivity index (χ0n) is 15.0. The lowest BCUT2D eigenvalue weighted by Gasteiger charge is -2.12. The molecule has 3 aromatic rings. The van der Waals surface area contributed by atoms with Gasteiger partial charge < -0.3 is 10.1 Å². The number of aromatic nitrogens is 5. The van der Waals surface area contributed by atoms with E-state index in [0.717, 1.165) is 25.7 Å². The Labute approximate surface area is 155 Å². The van der Waals surface area contributed by atoms with Crippen LogP contribution in [0.25, 0.3) is 16.9 Å². The number of hydrogen-bond acceptors (Lipinski definition) is 6. The SMILES string of the molecule is COc1cccc(-n2nnc3c(=O)n(CC(=O)NC4CCCC4)cnc32)c1. The summed E-state index contributed by atoms with van der Waals surface area (Å²) in [4.78, 5) is 29.2. The van der Waals surface area contributed by atoms with Gasteiger partial charge in [-0.3, -0.25) is 14.2 Å². The molecule has 27 heavy (non-hydrogen) atoms. The third-order valence-electron chi connectivity index (χ3n) is 4.76. The summed E-state index contributed by atoms with van der Waals surface area (Å²) < 4.78 is 7.95. The predicted octanol–water partition coefficient (Wildman–Crippen LogP) is 1.04. The van der Waals surface area contributed by atoms with Crippen LogP contribution in [0.3, 0.4) is 0 Å². The van der Waals surface area contributed by atoms with Crippen molar-refractivity contribution in [1.82, 2.24) is 29.9 Å². The van der Waals surface area contributed by atoms with Crippen molar-refractivity contribution < 1.29 is 9.53 Å². The Bertz CT molecular complexity index is 1030. The van der Waals surface area contributed by atoms with Crippen LogP contribution in [0.2, 0.25) is 0 Å². The molecule has 1 aliphatic rings. The van der Waals surface area contributed by atoms with Gasteiger partial charge in [0.05, 0.1) is 12.8 Å². The minimum Gasteiger partial charge on any atom is -0.497 e. The Balaban J connectivity index is 1.61. The molecule has 0 atom stereocenters. The minimum atomic E-state index is -0.393. The third kappa shape index (κ3) is 3.40. The van der Waals surface area contributed by atoms with Gasteiger partial charge in [0, 0.05) is 12.1 Å². The van der Waals surface area contributed by atoms with Crippen LogP contribution < -0.4 is 15.6 Å². The lowest BCUT2D eigenvalue weighted by atomic mass is 10.2. The fraction of sp³-hybridized carbons (Fsp3) is 0.389. The van der Waals surface area contributed by atoms with E-state index in [0.29, 0.717) is 17.1 Å². The molecule has 1 fully saturated rings. The topological polar surface area (TPSA) is 104 Å². The molecule has 0 bridgehead atoms. The summed E-state index contributed by atoms with van der Waals surface area (Å²) >= 11 is 0. The Morgan fingerprint density at radius 3 is 2.93 bits per heavy atom. The molecule has 140 valence electrons. The minimum absolute atomic E-state index is 0.0791. The second-order valence-corrected chi connectivity index (χ2v) is 6.60. The largest absolute Gasteiger partial charge is 0.497 e. The fourth-order valence-corrected chi connectivity index (χ4v) is 3.37. The maximum atomic E-state index is 12.7. The van der Waals surface area contributed by atoms with Gasteiger partial charge >= 0.3 is 0 Å². The van der Waals surface area contributed by atoms with E-state index in [1.54, 1.807) is 13.2 Å². The van der Waals surface area contributed by atoms with Gasteiger partial charge in [-0.15, -0.1) is 5.10 Å². The molecule has 9 nitrogen and oxygen atoms in total. The van der Waals surface area contributed by atoms with Gasteiger partial charge in [-0.25, -0.2) is 4.98 Å². The summed E-state index contributed by atoms with van der Waals surface area (Å²) in [6.07, 6.45) is 5.61. The molecule has 0 unspecified atom stereocenters. The van der Waals surface area contributed by atoms with E-state index in [1.165, 1.54) is 15.6 Å². The van der Waals surface area contributed by atoms with Crippen molar-refractivity contribution in [2.75, 3.05) is 7.11 Å². The van der Waals surface area contributed by atoms with Gasteiger partial charge in [-0.1, -0.05) is 24.1 Å². The summed E-state index contributed by atoms with van der Waals surface area (Å²) in [6, 6.07) is 7.43. The fourth-order valence-electron chi connectivity index (χ4n) is 3.37. The number of rotatable bonds is 5. The smallest absolute Gasteiger partial charge is 0.284 e. The van der Waals surface area contributed by atoms with Crippen LogP contribution in [0.15, 0.2) is 35.4 Å². The summed E-state index contributed by atoms with van der Waals surface area (Å²) in [6.45, 7) is -0.0791. The number of methoxy groups -OCH3 is 1. The molecule has 0 radical (unpaired) electrons. The van der Waals surface area contributed by atoms with Gasteiger partial charge in [0.25, 0.3) is 5.56 Å². The molecule has 1 aliphatic carbocycles. The van der Waals surface area contributed by atoms with E-state index < -0.39 is 5.56 Å². The summed E-state index contributed by atoms with van der Waals surface area (Å²) in [7, 11) is 1.58. The number of ether oxygens (including phenoxy) is 1. The van der Waals surface area contributed by atoms with Crippen LogP contribution in [0.1, 0.15) is 25.7 Å². The third-order valence-corrected chi connectivity index (χ3v) is 4.76. The van der Waals surface area contributed by atoms with Crippen LogP contribution >= 0.6 is 0 Å². The van der Waals surface area contributed by atoms with Gasteiger partial charge in [0.1, 0.15) is 18.6 Å². The van der Waals surface area contributed by atoms with Crippen molar-refractivity contribution >= 4 is 17.1 Å². The van der Waals surface area contributed by atoms with E-state index in [-0.39, 0.29) is 24.0 Å². The monoisotopic (exact) mass is 368 g/mol. The maximum Gasteiger partial charge on any atom is 0.284 e. The molecule has 0 aliphatic heterocycles. The molecule has 1 saturated carbocycles. The highest BCUT2D eigenvalue weighted by molar-refractivity contribution is 5.77. The van der Waals surface area contributed by atoms with E-state index in [1.807, 2.05) is 18.2 Å². The highest BCUT2D eigenvalue weighted by Crippen LogP contribution is 2.18. The van der Waals surface area contributed by atoms with Crippen molar-refractivity contribution in [2.45, 2.75) is 38.3 Å². The van der Waals surface area contributed by atoms with E-state index in [9.17, 15) is 9.59 Å². The van der Waals surface area contributed by atoms with Crippen LogP contribution in [0.4, 0.5) is 0 Å². The maximum absolute atomic E-state index is 12.7. The second kappa shape index (κ2) is 7.18. The van der Waals surface area contributed by atoms with E-state index in [2.05, 4.69) is 20.6 Å². The number of nitrogens with one attached hydrogen (secondary N) is 1.